The Hall–Kier alpha value is -2.18. The van der Waals surface area contributed by atoms with Crippen molar-refractivity contribution < 1.29 is 9.47 Å². The Labute approximate surface area is 163 Å². The molecule has 1 aromatic carbocycles. The number of hydrogen-bond acceptors (Lipinski definition) is 6. The number of anilines is 2. The number of hydrogen-bond donors (Lipinski definition) is 1. The fourth-order valence-electron chi connectivity index (χ4n) is 4.22. The molecule has 0 aliphatic carbocycles. The van der Waals surface area contributed by atoms with Crippen LogP contribution in [0.4, 0.5) is 11.5 Å². The third-order valence-corrected chi connectivity index (χ3v) is 6.07. The highest BCUT2D eigenvalue weighted by atomic mass is 35.5. The maximum atomic E-state index is 6.55. The molecule has 1 aromatic heterocycles. The highest BCUT2D eigenvalue weighted by molar-refractivity contribution is 6.31. The van der Waals surface area contributed by atoms with Gasteiger partial charge in [0.15, 0.2) is 17.3 Å². The summed E-state index contributed by atoms with van der Waals surface area (Å²) in [6, 6.07) is 3.84. The second kappa shape index (κ2) is 6.77. The smallest absolute Gasteiger partial charge is 0.231 e. The molecule has 0 amide bonds. The molecule has 0 bridgehead atoms. The van der Waals surface area contributed by atoms with Crippen LogP contribution in [0.5, 0.6) is 11.5 Å². The second-order valence-electron chi connectivity index (χ2n) is 7.45. The molecule has 4 heterocycles. The van der Waals surface area contributed by atoms with E-state index in [2.05, 4.69) is 14.8 Å². The van der Waals surface area contributed by atoms with Crippen molar-refractivity contribution in [3.63, 3.8) is 0 Å². The van der Waals surface area contributed by atoms with Gasteiger partial charge in [0, 0.05) is 50.0 Å². The van der Waals surface area contributed by atoms with Crippen molar-refractivity contribution in [3.8, 4) is 11.5 Å². The van der Waals surface area contributed by atoms with Crippen LogP contribution in [0.25, 0.3) is 0 Å². The van der Waals surface area contributed by atoms with E-state index in [-0.39, 0.29) is 6.79 Å². The highest BCUT2D eigenvalue weighted by Gasteiger charge is 2.25. The molecular weight excluding hydrogens is 364 g/mol. The molecule has 2 aromatic rings. The fourth-order valence-corrected chi connectivity index (χ4v) is 4.43. The third-order valence-electron chi connectivity index (χ3n) is 5.72. The summed E-state index contributed by atoms with van der Waals surface area (Å²) in [7, 11) is 0. The van der Waals surface area contributed by atoms with Gasteiger partial charge in [0.2, 0.25) is 6.79 Å². The Morgan fingerprint density at radius 1 is 1.11 bits per heavy atom. The zero-order valence-electron chi connectivity index (χ0n) is 15.2. The fraction of sp³-hybridized carbons (Fsp3) is 0.450. The van der Waals surface area contributed by atoms with E-state index in [0.29, 0.717) is 5.02 Å². The molecule has 6 nitrogen and oxygen atoms in total. The summed E-state index contributed by atoms with van der Waals surface area (Å²) in [4.78, 5) is 9.36. The topological polar surface area (TPSA) is 63.9 Å². The number of benzene rings is 1. The summed E-state index contributed by atoms with van der Waals surface area (Å²) in [5.74, 6) is 2.44. The number of nitrogen functional groups attached to an aromatic ring is 1. The van der Waals surface area contributed by atoms with Gasteiger partial charge in [-0.05, 0) is 42.0 Å². The lowest BCUT2D eigenvalue weighted by Crippen LogP contribution is -2.32. The van der Waals surface area contributed by atoms with Crippen LogP contribution >= 0.6 is 11.6 Å². The van der Waals surface area contributed by atoms with Gasteiger partial charge in [-0.1, -0.05) is 11.6 Å². The SMILES string of the molecule is Nc1c(N2CCCC2)ncc2c1CN(Cc1cc3c(cc1Cl)OCO3)CC2. The van der Waals surface area contributed by atoms with Crippen molar-refractivity contribution in [2.24, 2.45) is 0 Å². The van der Waals surface area contributed by atoms with E-state index in [1.54, 1.807) is 0 Å². The molecule has 7 heteroatoms. The molecular formula is C20H23ClN4O2. The molecule has 3 aliphatic rings. The van der Waals surface area contributed by atoms with Crippen LogP contribution in [0.3, 0.4) is 0 Å². The number of nitrogens with two attached hydrogens (primary N) is 1. The molecule has 1 saturated heterocycles. The molecule has 0 unspecified atom stereocenters. The molecule has 1 fully saturated rings. The summed E-state index contributed by atoms with van der Waals surface area (Å²) in [6.45, 7) is 4.89. The lowest BCUT2D eigenvalue weighted by Gasteiger charge is -2.31. The molecule has 0 atom stereocenters. The van der Waals surface area contributed by atoms with E-state index in [4.69, 9.17) is 26.8 Å². The Balaban J connectivity index is 1.38. The van der Waals surface area contributed by atoms with Crippen LogP contribution in [-0.4, -0.2) is 36.3 Å². The number of nitrogens with zero attached hydrogens (tertiary/aromatic N) is 3. The number of halogens is 1. The van der Waals surface area contributed by atoms with E-state index < -0.39 is 0 Å². The van der Waals surface area contributed by atoms with Gasteiger partial charge in [0.1, 0.15) is 0 Å². The first-order chi connectivity index (χ1) is 13.2. The maximum Gasteiger partial charge on any atom is 0.231 e. The monoisotopic (exact) mass is 386 g/mol. The van der Waals surface area contributed by atoms with Gasteiger partial charge in [-0.25, -0.2) is 4.98 Å². The van der Waals surface area contributed by atoms with Crippen LogP contribution in [0.2, 0.25) is 5.02 Å². The van der Waals surface area contributed by atoms with E-state index in [1.165, 1.54) is 24.0 Å². The summed E-state index contributed by atoms with van der Waals surface area (Å²) < 4.78 is 10.9. The zero-order chi connectivity index (χ0) is 18.4. The minimum atomic E-state index is 0.259. The van der Waals surface area contributed by atoms with Crippen LogP contribution < -0.4 is 20.1 Å². The van der Waals surface area contributed by atoms with Crippen molar-refractivity contribution in [1.29, 1.82) is 0 Å². The van der Waals surface area contributed by atoms with Crippen LogP contribution in [0.1, 0.15) is 29.5 Å². The molecule has 0 spiro atoms. The van der Waals surface area contributed by atoms with Crippen LogP contribution in [0.15, 0.2) is 18.3 Å². The summed E-state index contributed by atoms with van der Waals surface area (Å²) in [6.07, 6.45) is 5.40. The van der Waals surface area contributed by atoms with E-state index >= 15 is 0 Å². The van der Waals surface area contributed by atoms with E-state index in [1.807, 2.05) is 18.3 Å². The molecule has 2 N–H and O–H groups in total. The van der Waals surface area contributed by atoms with Crippen molar-refractivity contribution in [2.75, 3.05) is 37.1 Å². The lowest BCUT2D eigenvalue weighted by molar-refractivity contribution is 0.174. The standard InChI is InChI=1S/C20H23ClN4O2/c21-16-8-18-17(26-12-27-18)7-14(16)10-24-6-3-13-9-23-20(19(22)15(13)11-24)25-4-1-2-5-25/h7-9H,1-6,10-12,22H2. The molecule has 0 radical (unpaired) electrons. The van der Waals surface area contributed by atoms with Gasteiger partial charge in [-0.2, -0.15) is 0 Å². The zero-order valence-corrected chi connectivity index (χ0v) is 16.0. The predicted octanol–water partition coefficient (Wildman–Crippen LogP) is 3.20. The van der Waals surface area contributed by atoms with Crippen molar-refractivity contribution in [2.45, 2.75) is 32.4 Å². The Kier molecular flexibility index (Phi) is 4.25. The van der Waals surface area contributed by atoms with E-state index in [9.17, 15) is 0 Å². The summed E-state index contributed by atoms with van der Waals surface area (Å²) in [5.41, 5.74) is 10.9. The first kappa shape index (κ1) is 17.0. The van der Waals surface area contributed by atoms with Crippen molar-refractivity contribution >= 4 is 23.1 Å². The van der Waals surface area contributed by atoms with Crippen molar-refractivity contribution in [1.82, 2.24) is 9.88 Å². The normalized spacial score (nSPS) is 18.8. The third kappa shape index (κ3) is 3.07. The average Bonchev–Trinajstić information content (AvgIpc) is 3.34. The van der Waals surface area contributed by atoms with Crippen molar-refractivity contribution in [3.05, 3.63) is 40.0 Å². The number of aromatic nitrogens is 1. The quantitative estimate of drug-likeness (QED) is 0.873. The molecule has 142 valence electrons. The van der Waals surface area contributed by atoms with Gasteiger partial charge in [-0.15, -0.1) is 0 Å². The van der Waals surface area contributed by atoms with Crippen LogP contribution in [0, 0.1) is 0 Å². The number of fused-ring (bicyclic) bond motifs is 2. The predicted molar refractivity (Wildman–Crippen MR) is 105 cm³/mol. The Bertz CT molecular complexity index is 883. The second-order valence-corrected chi connectivity index (χ2v) is 7.86. The minimum absolute atomic E-state index is 0.259. The first-order valence-electron chi connectivity index (χ1n) is 9.50. The number of rotatable bonds is 3. The summed E-state index contributed by atoms with van der Waals surface area (Å²) >= 11 is 6.47. The molecule has 3 aliphatic heterocycles. The minimum Gasteiger partial charge on any atom is -0.454 e. The molecule has 5 rings (SSSR count). The van der Waals surface area contributed by atoms with E-state index in [0.717, 1.165) is 67.7 Å². The summed E-state index contributed by atoms with van der Waals surface area (Å²) in [5, 5.41) is 0.713. The molecule has 0 saturated carbocycles. The van der Waals surface area contributed by atoms with Gasteiger partial charge in [0.05, 0.1) is 5.69 Å². The van der Waals surface area contributed by atoms with Crippen LogP contribution in [-0.2, 0) is 19.5 Å². The number of pyridine rings is 1. The highest BCUT2D eigenvalue weighted by Crippen LogP contribution is 2.38. The largest absolute Gasteiger partial charge is 0.454 e. The van der Waals surface area contributed by atoms with Gasteiger partial charge in [-0.3, -0.25) is 4.90 Å². The maximum absolute atomic E-state index is 6.55. The van der Waals surface area contributed by atoms with Gasteiger partial charge < -0.3 is 20.1 Å². The Morgan fingerprint density at radius 3 is 2.70 bits per heavy atom. The lowest BCUT2D eigenvalue weighted by atomic mass is 9.99. The molecule has 27 heavy (non-hydrogen) atoms. The Morgan fingerprint density at radius 2 is 1.89 bits per heavy atom. The van der Waals surface area contributed by atoms with Gasteiger partial charge in [0.25, 0.3) is 0 Å². The first-order valence-corrected chi connectivity index (χ1v) is 9.88. The van der Waals surface area contributed by atoms with Gasteiger partial charge >= 0.3 is 0 Å². The average molecular weight is 387 g/mol. The number of ether oxygens (including phenoxy) is 2.